The first-order valence-corrected chi connectivity index (χ1v) is 6.57. The largest absolute Gasteiger partial charge is 0.417 e. The van der Waals surface area contributed by atoms with Crippen LogP contribution in [0.5, 0.6) is 0 Å². The number of amides is 1. The maximum absolute atomic E-state index is 12.8. The second-order valence-corrected chi connectivity index (χ2v) is 4.59. The summed E-state index contributed by atoms with van der Waals surface area (Å²) in [6, 6.07) is 4.44. The molecule has 0 aromatic heterocycles. The zero-order valence-electron chi connectivity index (χ0n) is 11.7. The molecule has 3 N–H and O–H groups in total. The van der Waals surface area contributed by atoms with Gasteiger partial charge in [-0.25, -0.2) is 0 Å². The van der Waals surface area contributed by atoms with Crippen molar-refractivity contribution in [3.63, 3.8) is 0 Å². The van der Waals surface area contributed by atoms with Crippen LogP contribution in [0.1, 0.15) is 42.1 Å². The molecule has 21 heavy (non-hydrogen) atoms. The lowest BCUT2D eigenvalue weighted by molar-refractivity contribution is -0.137. The molecule has 1 unspecified atom stereocenters. The lowest BCUT2D eigenvalue weighted by Gasteiger charge is -2.18. The van der Waals surface area contributed by atoms with Gasteiger partial charge in [-0.05, 0) is 18.6 Å². The van der Waals surface area contributed by atoms with E-state index >= 15 is 0 Å². The van der Waals surface area contributed by atoms with Gasteiger partial charge in [-0.15, -0.1) is 12.4 Å². The molecule has 0 aliphatic rings. The minimum atomic E-state index is -4.55. The fraction of sp³-hybridized carbons (Fsp3) is 0.500. The lowest BCUT2D eigenvalue weighted by Crippen LogP contribution is -2.40. The van der Waals surface area contributed by atoms with Gasteiger partial charge in [-0.2, -0.15) is 13.2 Å². The van der Waals surface area contributed by atoms with Crippen molar-refractivity contribution < 1.29 is 18.0 Å². The van der Waals surface area contributed by atoms with E-state index in [1.165, 1.54) is 18.2 Å². The summed E-state index contributed by atoms with van der Waals surface area (Å²) in [6.07, 6.45) is -2.09. The molecule has 0 fully saturated rings. The van der Waals surface area contributed by atoms with E-state index in [9.17, 15) is 18.0 Å². The molecule has 0 aliphatic heterocycles. The Kier molecular flexibility index (Phi) is 8.36. The van der Waals surface area contributed by atoms with Crippen molar-refractivity contribution in [1.82, 2.24) is 5.32 Å². The van der Waals surface area contributed by atoms with Crippen LogP contribution in [-0.2, 0) is 6.18 Å². The number of hydrogen-bond acceptors (Lipinski definition) is 2. The highest BCUT2D eigenvalue weighted by molar-refractivity contribution is 5.96. The minimum Gasteiger partial charge on any atom is -0.348 e. The summed E-state index contributed by atoms with van der Waals surface area (Å²) in [5.41, 5.74) is 4.23. The fourth-order valence-electron chi connectivity index (χ4n) is 1.89. The van der Waals surface area contributed by atoms with Crippen LogP contribution in [0.15, 0.2) is 24.3 Å². The molecular formula is C14H20ClF3N2O. The Balaban J connectivity index is 0.00000400. The van der Waals surface area contributed by atoms with E-state index in [1.807, 2.05) is 6.92 Å². The van der Waals surface area contributed by atoms with Crippen molar-refractivity contribution in [3.05, 3.63) is 35.4 Å². The summed E-state index contributed by atoms with van der Waals surface area (Å²) >= 11 is 0. The highest BCUT2D eigenvalue weighted by Crippen LogP contribution is 2.31. The third-order valence-electron chi connectivity index (χ3n) is 3.00. The predicted octanol–water partition coefficient (Wildman–Crippen LogP) is 3.37. The maximum atomic E-state index is 12.8. The molecule has 0 heterocycles. The van der Waals surface area contributed by atoms with Gasteiger partial charge >= 0.3 is 6.18 Å². The first kappa shape index (κ1) is 19.7. The van der Waals surface area contributed by atoms with Crippen LogP contribution in [0.2, 0.25) is 0 Å². The lowest BCUT2D eigenvalue weighted by atomic mass is 10.0. The molecule has 1 aromatic rings. The Morgan fingerprint density at radius 2 is 1.95 bits per heavy atom. The fourth-order valence-corrected chi connectivity index (χ4v) is 1.89. The normalized spacial score (nSPS) is 12.4. The van der Waals surface area contributed by atoms with Gasteiger partial charge < -0.3 is 11.1 Å². The molecule has 3 nitrogen and oxygen atoms in total. The summed E-state index contributed by atoms with van der Waals surface area (Å²) in [5.74, 6) is -0.732. The number of unbranched alkanes of at least 4 members (excludes halogenated alkanes) is 1. The van der Waals surface area contributed by atoms with Crippen molar-refractivity contribution in [2.45, 2.75) is 38.4 Å². The number of nitrogens with one attached hydrogen (secondary N) is 1. The Labute approximate surface area is 128 Å². The van der Waals surface area contributed by atoms with Gasteiger partial charge in [0.1, 0.15) is 0 Å². The summed E-state index contributed by atoms with van der Waals surface area (Å²) < 4.78 is 38.5. The second kappa shape index (κ2) is 8.89. The molecule has 0 radical (unpaired) electrons. The molecule has 1 rings (SSSR count). The summed E-state index contributed by atoms with van der Waals surface area (Å²) in [5, 5.41) is 2.57. The zero-order chi connectivity index (χ0) is 15.2. The number of carbonyl (C=O) groups excluding carboxylic acids is 1. The Morgan fingerprint density at radius 3 is 2.48 bits per heavy atom. The molecule has 1 aromatic carbocycles. The molecule has 1 amide bonds. The molecule has 120 valence electrons. The topological polar surface area (TPSA) is 55.1 Å². The maximum Gasteiger partial charge on any atom is 0.417 e. The number of carbonyl (C=O) groups is 1. The van der Waals surface area contributed by atoms with Gasteiger partial charge in [-0.1, -0.05) is 31.9 Å². The van der Waals surface area contributed by atoms with E-state index in [0.717, 1.165) is 18.9 Å². The first-order chi connectivity index (χ1) is 9.40. The van der Waals surface area contributed by atoms with Crippen LogP contribution in [-0.4, -0.2) is 18.5 Å². The van der Waals surface area contributed by atoms with E-state index in [1.54, 1.807) is 0 Å². The van der Waals surface area contributed by atoms with Crippen molar-refractivity contribution in [1.29, 1.82) is 0 Å². The van der Waals surface area contributed by atoms with E-state index in [2.05, 4.69) is 5.32 Å². The van der Waals surface area contributed by atoms with Gasteiger partial charge in [0.15, 0.2) is 0 Å². The number of benzene rings is 1. The predicted molar refractivity (Wildman–Crippen MR) is 78.5 cm³/mol. The Morgan fingerprint density at radius 1 is 1.33 bits per heavy atom. The van der Waals surface area contributed by atoms with Crippen molar-refractivity contribution in [2.75, 3.05) is 6.54 Å². The molecule has 0 saturated heterocycles. The summed E-state index contributed by atoms with van der Waals surface area (Å²) in [7, 11) is 0. The van der Waals surface area contributed by atoms with Gasteiger partial charge in [0.05, 0.1) is 11.1 Å². The first-order valence-electron chi connectivity index (χ1n) is 6.57. The third-order valence-corrected chi connectivity index (χ3v) is 3.00. The number of halogens is 4. The molecule has 0 aliphatic carbocycles. The smallest absolute Gasteiger partial charge is 0.348 e. The third kappa shape index (κ3) is 5.93. The SMILES string of the molecule is CCCCC(CN)NC(=O)c1ccccc1C(F)(F)F.Cl. The number of hydrogen-bond donors (Lipinski definition) is 2. The van der Waals surface area contributed by atoms with Crippen molar-refractivity contribution in [2.24, 2.45) is 5.73 Å². The van der Waals surface area contributed by atoms with Crippen LogP contribution >= 0.6 is 12.4 Å². The van der Waals surface area contributed by atoms with Gasteiger partial charge in [0, 0.05) is 12.6 Å². The van der Waals surface area contributed by atoms with Crippen LogP contribution in [0.25, 0.3) is 0 Å². The van der Waals surface area contributed by atoms with Gasteiger partial charge in [-0.3, -0.25) is 4.79 Å². The molecule has 0 spiro atoms. The van der Waals surface area contributed by atoms with Crippen LogP contribution in [0, 0.1) is 0 Å². The van der Waals surface area contributed by atoms with E-state index in [-0.39, 0.29) is 30.6 Å². The molecule has 0 bridgehead atoms. The highest BCUT2D eigenvalue weighted by atomic mass is 35.5. The molecular weight excluding hydrogens is 305 g/mol. The second-order valence-electron chi connectivity index (χ2n) is 4.59. The average molecular weight is 325 g/mol. The molecule has 7 heteroatoms. The Bertz CT molecular complexity index is 452. The number of nitrogens with two attached hydrogens (primary N) is 1. The molecule has 1 atom stereocenters. The zero-order valence-corrected chi connectivity index (χ0v) is 12.6. The average Bonchev–Trinajstić information content (AvgIpc) is 2.42. The van der Waals surface area contributed by atoms with Gasteiger partial charge in [0.25, 0.3) is 5.91 Å². The van der Waals surface area contributed by atoms with E-state index in [4.69, 9.17) is 5.73 Å². The highest BCUT2D eigenvalue weighted by Gasteiger charge is 2.35. The van der Waals surface area contributed by atoms with Gasteiger partial charge in [0.2, 0.25) is 0 Å². The van der Waals surface area contributed by atoms with Crippen LogP contribution < -0.4 is 11.1 Å². The van der Waals surface area contributed by atoms with Crippen LogP contribution in [0.3, 0.4) is 0 Å². The van der Waals surface area contributed by atoms with E-state index in [0.29, 0.717) is 6.42 Å². The summed E-state index contributed by atoms with van der Waals surface area (Å²) in [6.45, 7) is 2.20. The van der Waals surface area contributed by atoms with Crippen LogP contribution in [0.4, 0.5) is 13.2 Å². The minimum absolute atomic E-state index is 0. The van der Waals surface area contributed by atoms with Crippen molar-refractivity contribution in [3.8, 4) is 0 Å². The number of alkyl halides is 3. The Hall–Kier alpha value is -1.27. The standard InChI is InChI=1S/C14H19F3N2O.ClH/c1-2-3-6-10(9-18)19-13(20)11-7-4-5-8-12(11)14(15,16)17;/h4-5,7-8,10H,2-3,6,9,18H2,1H3,(H,19,20);1H. The summed E-state index contributed by atoms with van der Waals surface area (Å²) in [4.78, 5) is 12.0. The molecule has 0 saturated carbocycles. The quantitative estimate of drug-likeness (QED) is 0.843. The van der Waals surface area contributed by atoms with Crippen molar-refractivity contribution >= 4 is 18.3 Å². The monoisotopic (exact) mass is 324 g/mol. The number of rotatable bonds is 6. The van der Waals surface area contributed by atoms with E-state index < -0.39 is 17.6 Å².